The van der Waals surface area contributed by atoms with Crippen LogP contribution in [0.1, 0.15) is 23.6 Å². The number of hydrogen-bond donors (Lipinski definition) is 1. The van der Waals surface area contributed by atoms with E-state index in [0.717, 1.165) is 23.3 Å². The van der Waals surface area contributed by atoms with Crippen molar-refractivity contribution in [1.29, 1.82) is 0 Å². The maximum atomic E-state index is 12.1. The van der Waals surface area contributed by atoms with Crippen molar-refractivity contribution >= 4 is 17.3 Å². The molecule has 1 heterocycles. The first-order chi connectivity index (χ1) is 10.6. The molecule has 3 nitrogen and oxygen atoms in total. The van der Waals surface area contributed by atoms with Crippen molar-refractivity contribution in [1.82, 2.24) is 5.43 Å². The second-order valence-electron chi connectivity index (χ2n) is 4.90. The van der Waals surface area contributed by atoms with Gasteiger partial charge in [0, 0.05) is 11.4 Å². The third-order valence-corrected chi connectivity index (χ3v) is 3.69. The molecule has 0 saturated carbocycles. The van der Waals surface area contributed by atoms with Gasteiger partial charge in [0.2, 0.25) is 0 Å². The summed E-state index contributed by atoms with van der Waals surface area (Å²) >= 11 is 5.88. The van der Waals surface area contributed by atoms with Gasteiger partial charge >= 0.3 is 6.61 Å². The van der Waals surface area contributed by atoms with Crippen molar-refractivity contribution in [2.75, 3.05) is 0 Å². The molecule has 0 fully saturated rings. The molecule has 1 aliphatic heterocycles. The molecule has 1 unspecified atom stereocenters. The summed E-state index contributed by atoms with van der Waals surface area (Å²) in [4.78, 5) is 0. The fourth-order valence-electron chi connectivity index (χ4n) is 2.34. The average molecular weight is 323 g/mol. The Balaban J connectivity index is 1.68. The molecule has 0 aliphatic carbocycles. The predicted molar refractivity (Wildman–Crippen MR) is 81.6 cm³/mol. The molecule has 22 heavy (non-hydrogen) atoms. The summed E-state index contributed by atoms with van der Waals surface area (Å²) in [5.41, 5.74) is 5.94. The molecule has 6 heteroatoms. The number of benzene rings is 2. The average Bonchev–Trinajstić information content (AvgIpc) is 2.98. The van der Waals surface area contributed by atoms with Gasteiger partial charge in [0.25, 0.3) is 0 Å². The van der Waals surface area contributed by atoms with Crippen molar-refractivity contribution in [3.63, 3.8) is 0 Å². The Labute approximate surface area is 131 Å². The van der Waals surface area contributed by atoms with Crippen LogP contribution in [0.5, 0.6) is 5.75 Å². The number of hydrazone groups is 1. The molecule has 0 aromatic heterocycles. The molecule has 1 aliphatic rings. The maximum absolute atomic E-state index is 12.1. The standard InChI is InChI=1S/C16H13ClF2N2O/c17-12-5-1-10(2-6-12)14-9-15(21-20-14)11-3-7-13(8-4-11)22-16(18)19/h1-8,14,16,20H,9H2. The highest BCUT2D eigenvalue weighted by Crippen LogP contribution is 2.26. The third-order valence-electron chi connectivity index (χ3n) is 3.44. The van der Waals surface area contributed by atoms with Crippen LogP contribution in [-0.4, -0.2) is 12.3 Å². The summed E-state index contributed by atoms with van der Waals surface area (Å²) in [6.45, 7) is -2.81. The van der Waals surface area contributed by atoms with Crippen LogP contribution in [0.3, 0.4) is 0 Å². The Morgan fingerprint density at radius 1 is 1.09 bits per heavy atom. The van der Waals surface area contributed by atoms with E-state index >= 15 is 0 Å². The highest BCUT2D eigenvalue weighted by molar-refractivity contribution is 6.30. The summed E-state index contributed by atoms with van der Waals surface area (Å²) in [6.07, 6.45) is 0.719. The van der Waals surface area contributed by atoms with Crippen molar-refractivity contribution in [3.05, 3.63) is 64.7 Å². The number of alkyl halides is 2. The van der Waals surface area contributed by atoms with Gasteiger partial charge < -0.3 is 10.2 Å². The van der Waals surface area contributed by atoms with Crippen LogP contribution in [0.25, 0.3) is 0 Å². The minimum absolute atomic E-state index is 0.0873. The lowest BCUT2D eigenvalue weighted by Gasteiger charge is -2.10. The first-order valence-corrected chi connectivity index (χ1v) is 7.12. The lowest BCUT2D eigenvalue weighted by Crippen LogP contribution is -2.09. The van der Waals surface area contributed by atoms with Gasteiger partial charge in [-0.25, -0.2) is 0 Å². The number of nitrogens with one attached hydrogen (secondary N) is 1. The first-order valence-electron chi connectivity index (χ1n) is 6.74. The van der Waals surface area contributed by atoms with Gasteiger partial charge in [-0.05, 0) is 47.5 Å². The lowest BCUT2D eigenvalue weighted by atomic mass is 9.99. The van der Waals surface area contributed by atoms with Gasteiger partial charge in [-0.3, -0.25) is 0 Å². The van der Waals surface area contributed by atoms with E-state index in [1.165, 1.54) is 12.1 Å². The molecule has 0 radical (unpaired) electrons. The van der Waals surface area contributed by atoms with E-state index in [1.807, 2.05) is 24.3 Å². The van der Waals surface area contributed by atoms with Crippen molar-refractivity contribution < 1.29 is 13.5 Å². The van der Waals surface area contributed by atoms with E-state index in [0.29, 0.717) is 5.02 Å². The highest BCUT2D eigenvalue weighted by atomic mass is 35.5. The van der Waals surface area contributed by atoms with Gasteiger partial charge in [0.1, 0.15) is 5.75 Å². The van der Waals surface area contributed by atoms with Gasteiger partial charge in [-0.1, -0.05) is 23.7 Å². The number of rotatable bonds is 4. The molecule has 2 aromatic carbocycles. The van der Waals surface area contributed by atoms with E-state index in [9.17, 15) is 8.78 Å². The van der Waals surface area contributed by atoms with Crippen molar-refractivity contribution in [3.8, 4) is 5.75 Å². The van der Waals surface area contributed by atoms with E-state index in [-0.39, 0.29) is 11.8 Å². The molecule has 0 bridgehead atoms. The second kappa shape index (κ2) is 6.32. The van der Waals surface area contributed by atoms with Crippen LogP contribution in [0, 0.1) is 0 Å². The smallest absolute Gasteiger partial charge is 0.387 e. The molecular formula is C16H13ClF2N2O. The molecule has 2 aromatic rings. The normalized spacial score (nSPS) is 17.3. The molecule has 0 spiro atoms. The zero-order valence-electron chi connectivity index (χ0n) is 11.5. The quantitative estimate of drug-likeness (QED) is 0.906. The Morgan fingerprint density at radius 2 is 1.77 bits per heavy atom. The summed E-state index contributed by atoms with van der Waals surface area (Å²) in [5.74, 6) is 0.138. The van der Waals surface area contributed by atoms with Crippen LogP contribution in [0.2, 0.25) is 5.02 Å². The minimum Gasteiger partial charge on any atom is -0.435 e. The fourth-order valence-corrected chi connectivity index (χ4v) is 2.47. The van der Waals surface area contributed by atoms with E-state index < -0.39 is 6.61 Å². The minimum atomic E-state index is -2.81. The summed E-state index contributed by atoms with van der Waals surface area (Å²) in [6, 6.07) is 14.2. The van der Waals surface area contributed by atoms with Crippen LogP contribution in [0.15, 0.2) is 53.6 Å². The summed E-state index contributed by atoms with van der Waals surface area (Å²) in [5, 5.41) is 5.01. The zero-order valence-corrected chi connectivity index (χ0v) is 12.2. The van der Waals surface area contributed by atoms with Crippen LogP contribution < -0.4 is 10.2 Å². The number of halogens is 3. The SMILES string of the molecule is FC(F)Oc1ccc(C2=NNC(c3ccc(Cl)cc3)C2)cc1. The molecule has 114 valence electrons. The molecular weight excluding hydrogens is 310 g/mol. The monoisotopic (exact) mass is 322 g/mol. The maximum Gasteiger partial charge on any atom is 0.387 e. The third kappa shape index (κ3) is 3.36. The van der Waals surface area contributed by atoms with Crippen molar-refractivity contribution in [2.24, 2.45) is 5.10 Å². The predicted octanol–water partition coefficient (Wildman–Crippen LogP) is 4.38. The Morgan fingerprint density at radius 3 is 2.41 bits per heavy atom. The van der Waals surface area contributed by atoms with E-state index in [2.05, 4.69) is 15.3 Å². The van der Waals surface area contributed by atoms with Crippen LogP contribution in [0.4, 0.5) is 8.78 Å². The highest BCUT2D eigenvalue weighted by Gasteiger charge is 2.21. The second-order valence-corrected chi connectivity index (χ2v) is 5.34. The van der Waals surface area contributed by atoms with Gasteiger partial charge in [0.15, 0.2) is 0 Å². The Bertz CT molecular complexity index is 672. The van der Waals surface area contributed by atoms with Gasteiger partial charge in [0.05, 0.1) is 11.8 Å². The topological polar surface area (TPSA) is 33.6 Å². The van der Waals surface area contributed by atoms with Gasteiger partial charge in [-0.2, -0.15) is 13.9 Å². The first kappa shape index (κ1) is 14.8. The van der Waals surface area contributed by atoms with E-state index in [4.69, 9.17) is 11.6 Å². The van der Waals surface area contributed by atoms with Crippen LogP contribution in [-0.2, 0) is 0 Å². The molecule has 3 rings (SSSR count). The van der Waals surface area contributed by atoms with Crippen LogP contribution >= 0.6 is 11.6 Å². The zero-order chi connectivity index (χ0) is 15.5. The Kier molecular flexibility index (Phi) is 4.24. The van der Waals surface area contributed by atoms with Crippen molar-refractivity contribution in [2.45, 2.75) is 19.1 Å². The number of ether oxygens (including phenoxy) is 1. The molecule has 0 saturated heterocycles. The van der Waals surface area contributed by atoms with E-state index in [1.54, 1.807) is 12.1 Å². The van der Waals surface area contributed by atoms with Gasteiger partial charge in [-0.15, -0.1) is 0 Å². The lowest BCUT2D eigenvalue weighted by molar-refractivity contribution is -0.0498. The summed E-state index contributed by atoms with van der Waals surface area (Å²) in [7, 11) is 0. The largest absolute Gasteiger partial charge is 0.435 e. The molecule has 1 N–H and O–H groups in total. The fraction of sp³-hybridized carbons (Fsp3) is 0.188. The summed E-state index contributed by atoms with van der Waals surface area (Å²) < 4.78 is 28.6. The number of nitrogens with zero attached hydrogens (tertiary/aromatic N) is 1. The Hall–Kier alpha value is -2.14. The number of hydrogen-bond acceptors (Lipinski definition) is 3. The molecule has 1 atom stereocenters. The molecule has 0 amide bonds.